The Kier molecular flexibility index (Phi) is 10.1. The summed E-state index contributed by atoms with van der Waals surface area (Å²) in [5.41, 5.74) is 0.966. The number of nitrogens with one attached hydrogen (secondary N) is 2. The molecule has 1 aromatic carbocycles. The quantitative estimate of drug-likeness (QED) is 0.778. The fourth-order valence-electron chi connectivity index (χ4n) is 2.22. The first-order valence-electron chi connectivity index (χ1n) is 7.21. The van der Waals surface area contributed by atoms with Crippen LogP contribution in [0.1, 0.15) is 23.9 Å². The van der Waals surface area contributed by atoms with Gasteiger partial charge in [-0.1, -0.05) is 12.1 Å². The molecule has 0 aliphatic heterocycles. The second kappa shape index (κ2) is 10.9. The van der Waals surface area contributed by atoms with Gasteiger partial charge in [0.05, 0.1) is 7.11 Å². The number of imidazole rings is 1. The summed E-state index contributed by atoms with van der Waals surface area (Å²) in [4.78, 5) is 16.5. The Morgan fingerprint density at radius 1 is 1.29 bits per heavy atom. The molecule has 0 saturated heterocycles. The summed E-state index contributed by atoms with van der Waals surface area (Å²) >= 11 is 0. The molecule has 1 aromatic heterocycles. The zero-order chi connectivity index (χ0) is 15.9. The Morgan fingerprint density at radius 3 is 2.46 bits per heavy atom. The van der Waals surface area contributed by atoms with Crippen LogP contribution in [0.15, 0.2) is 36.7 Å². The van der Waals surface area contributed by atoms with Gasteiger partial charge < -0.3 is 19.9 Å². The van der Waals surface area contributed by atoms with Crippen LogP contribution in [0.3, 0.4) is 0 Å². The van der Waals surface area contributed by atoms with E-state index in [1.807, 2.05) is 49.1 Å². The second-order valence-corrected chi connectivity index (χ2v) is 5.02. The van der Waals surface area contributed by atoms with Crippen LogP contribution < -0.4 is 15.4 Å². The molecule has 0 saturated carbocycles. The van der Waals surface area contributed by atoms with Crippen LogP contribution in [0, 0.1) is 0 Å². The minimum absolute atomic E-state index is 0. The number of aromatic nitrogens is 2. The van der Waals surface area contributed by atoms with Gasteiger partial charge in [0.1, 0.15) is 17.6 Å². The van der Waals surface area contributed by atoms with Gasteiger partial charge in [0, 0.05) is 32.4 Å². The first kappa shape index (κ1) is 22.2. The molecule has 1 heterocycles. The molecular weight excluding hydrogens is 351 g/mol. The van der Waals surface area contributed by atoms with Gasteiger partial charge >= 0.3 is 0 Å². The number of methoxy groups -OCH3 is 1. The fraction of sp³-hybridized carbons (Fsp3) is 0.375. The van der Waals surface area contributed by atoms with E-state index in [-0.39, 0.29) is 36.8 Å². The lowest BCUT2D eigenvalue weighted by Gasteiger charge is -2.19. The average Bonchev–Trinajstić information content (AvgIpc) is 2.96. The summed E-state index contributed by atoms with van der Waals surface area (Å²) in [6.45, 7) is 0.641. The molecular formula is C16H24Cl2N4O2. The number of ether oxygens (including phenoxy) is 1. The third kappa shape index (κ3) is 5.70. The first-order valence-corrected chi connectivity index (χ1v) is 7.21. The van der Waals surface area contributed by atoms with E-state index in [1.165, 1.54) is 0 Å². The molecule has 24 heavy (non-hydrogen) atoms. The molecule has 0 spiro atoms. The summed E-state index contributed by atoms with van der Waals surface area (Å²) in [5.74, 6) is 1.56. The number of aryl methyl sites for hydroxylation is 1. The number of rotatable bonds is 7. The molecule has 0 aliphatic rings. The number of amides is 1. The van der Waals surface area contributed by atoms with E-state index >= 15 is 0 Å². The summed E-state index contributed by atoms with van der Waals surface area (Å²) in [6, 6.07) is 7.36. The maximum absolute atomic E-state index is 12.1. The van der Waals surface area contributed by atoms with E-state index < -0.39 is 0 Å². The van der Waals surface area contributed by atoms with Crippen molar-refractivity contribution < 1.29 is 9.53 Å². The van der Waals surface area contributed by atoms with Crippen molar-refractivity contribution in [2.24, 2.45) is 7.05 Å². The van der Waals surface area contributed by atoms with Crippen molar-refractivity contribution in [3.63, 3.8) is 0 Å². The van der Waals surface area contributed by atoms with E-state index in [2.05, 4.69) is 15.6 Å². The Labute approximate surface area is 154 Å². The van der Waals surface area contributed by atoms with Crippen molar-refractivity contribution in [2.75, 3.05) is 20.7 Å². The Balaban J connectivity index is 0.00000264. The molecule has 0 fully saturated rings. The molecule has 2 N–H and O–H groups in total. The molecule has 134 valence electrons. The SMILES string of the molecule is CNCCC(=O)NC(c1ccc(OC)cc1)c1nccn1C.Cl.Cl. The lowest BCUT2D eigenvalue weighted by molar-refractivity contribution is -0.121. The van der Waals surface area contributed by atoms with Gasteiger partial charge in [0.25, 0.3) is 0 Å². The number of hydrogen-bond donors (Lipinski definition) is 2. The number of nitrogens with zero attached hydrogens (tertiary/aromatic N) is 2. The molecule has 1 amide bonds. The van der Waals surface area contributed by atoms with Gasteiger partial charge in [-0.3, -0.25) is 4.79 Å². The van der Waals surface area contributed by atoms with Crippen LogP contribution in [0.4, 0.5) is 0 Å². The predicted octanol–water partition coefficient (Wildman–Crippen LogP) is 2.09. The number of carbonyl (C=O) groups excluding carboxylic acids is 1. The van der Waals surface area contributed by atoms with E-state index in [0.29, 0.717) is 13.0 Å². The monoisotopic (exact) mass is 374 g/mol. The van der Waals surface area contributed by atoms with E-state index in [4.69, 9.17) is 4.74 Å². The number of benzene rings is 1. The van der Waals surface area contributed by atoms with Crippen LogP contribution in [0.5, 0.6) is 5.75 Å². The Morgan fingerprint density at radius 2 is 1.96 bits per heavy atom. The van der Waals surface area contributed by atoms with Crippen molar-refractivity contribution in [1.82, 2.24) is 20.2 Å². The fourth-order valence-corrected chi connectivity index (χ4v) is 2.22. The summed E-state index contributed by atoms with van der Waals surface area (Å²) in [7, 11) is 5.37. The van der Waals surface area contributed by atoms with Crippen LogP contribution >= 0.6 is 24.8 Å². The van der Waals surface area contributed by atoms with Crippen molar-refractivity contribution in [3.8, 4) is 5.75 Å². The molecule has 1 atom stereocenters. The van der Waals surface area contributed by atoms with Gasteiger partial charge in [-0.25, -0.2) is 4.98 Å². The lowest BCUT2D eigenvalue weighted by Crippen LogP contribution is -2.32. The van der Waals surface area contributed by atoms with Gasteiger partial charge in [0.2, 0.25) is 5.91 Å². The summed E-state index contributed by atoms with van der Waals surface area (Å²) in [6.07, 6.45) is 4.02. The van der Waals surface area contributed by atoms with Gasteiger partial charge in [-0.2, -0.15) is 0 Å². The van der Waals surface area contributed by atoms with Crippen molar-refractivity contribution in [3.05, 3.63) is 48.0 Å². The van der Waals surface area contributed by atoms with Crippen molar-refractivity contribution in [2.45, 2.75) is 12.5 Å². The zero-order valence-electron chi connectivity index (χ0n) is 14.0. The molecule has 1 unspecified atom stereocenters. The smallest absolute Gasteiger partial charge is 0.222 e. The highest BCUT2D eigenvalue weighted by atomic mass is 35.5. The van der Waals surface area contributed by atoms with Crippen molar-refractivity contribution in [1.29, 1.82) is 0 Å². The van der Waals surface area contributed by atoms with Crippen LogP contribution in [0.2, 0.25) is 0 Å². The van der Waals surface area contributed by atoms with E-state index in [1.54, 1.807) is 13.3 Å². The van der Waals surface area contributed by atoms with E-state index in [9.17, 15) is 4.79 Å². The van der Waals surface area contributed by atoms with Crippen LogP contribution in [0.25, 0.3) is 0 Å². The molecule has 0 bridgehead atoms. The second-order valence-electron chi connectivity index (χ2n) is 5.02. The Hall–Kier alpha value is -1.76. The standard InChI is InChI=1S/C16H22N4O2.2ClH/c1-17-9-8-14(21)19-15(16-18-10-11-20(16)2)12-4-6-13(22-3)7-5-12;;/h4-7,10-11,15,17H,8-9H2,1-3H3,(H,19,21);2*1H. The zero-order valence-corrected chi connectivity index (χ0v) is 15.6. The molecule has 2 rings (SSSR count). The highest BCUT2D eigenvalue weighted by Gasteiger charge is 2.20. The average molecular weight is 375 g/mol. The number of halogens is 2. The van der Waals surface area contributed by atoms with Gasteiger partial charge in [-0.15, -0.1) is 24.8 Å². The molecule has 8 heteroatoms. The van der Waals surface area contributed by atoms with Crippen LogP contribution in [-0.4, -0.2) is 36.2 Å². The lowest BCUT2D eigenvalue weighted by atomic mass is 10.1. The topological polar surface area (TPSA) is 68.2 Å². The first-order chi connectivity index (χ1) is 10.7. The third-order valence-electron chi connectivity index (χ3n) is 3.47. The third-order valence-corrected chi connectivity index (χ3v) is 3.47. The molecule has 0 radical (unpaired) electrons. The van der Waals surface area contributed by atoms with Crippen LogP contribution in [-0.2, 0) is 11.8 Å². The highest BCUT2D eigenvalue weighted by Crippen LogP contribution is 2.23. The summed E-state index contributed by atoms with van der Waals surface area (Å²) in [5, 5.41) is 6.02. The molecule has 6 nitrogen and oxygen atoms in total. The normalized spacial score (nSPS) is 11.0. The van der Waals surface area contributed by atoms with Gasteiger partial charge in [-0.05, 0) is 24.7 Å². The van der Waals surface area contributed by atoms with Gasteiger partial charge in [0.15, 0.2) is 0 Å². The predicted molar refractivity (Wildman–Crippen MR) is 99.2 cm³/mol. The highest BCUT2D eigenvalue weighted by molar-refractivity contribution is 5.85. The molecule has 2 aromatic rings. The minimum atomic E-state index is -0.282. The summed E-state index contributed by atoms with van der Waals surface area (Å²) < 4.78 is 7.09. The number of carbonyl (C=O) groups is 1. The minimum Gasteiger partial charge on any atom is -0.497 e. The maximum Gasteiger partial charge on any atom is 0.222 e. The largest absolute Gasteiger partial charge is 0.497 e. The maximum atomic E-state index is 12.1. The number of hydrogen-bond acceptors (Lipinski definition) is 4. The van der Waals surface area contributed by atoms with Crippen molar-refractivity contribution >= 4 is 30.7 Å². The molecule has 0 aliphatic carbocycles. The Bertz CT molecular complexity index is 617. The van der Waals surface area contributed by atoms with E-state index in [0.717, 1.165) is 17.1 Å².